The molecular weight excluding hydrogens is 208 g/mol. The highest BCUT2D eigenvalue weighted by molar-refractivity contribution is 5.79. The molecule has 0 aromatic carbocycles. The first-order valence-corrected chi connectivity index (χ1v) is 4.14. The van der Waals surface area contributed by atoms with Gasteiger partial charge in [0.05, 0.1) is 12.0 Å². The highest BCUT2D eigenvalue weighted by Crippen LogP contribution is 2.16. The lowest BCUT2D eigenvalue weighted by molar-refractivity contribution is -0.334. The summed E-state index contributed by atoms with van der Waals surface area (Å²) in [5, 5.41) is 32.0. The number of carboxylic acid groups (broad SMARTS) is 3. The number of nitrogens with zero attached hydrogens (tertiary/aromatic N) is 2. The van der Waals surface area contributed by atoms with E-state index >= 15 is 0 Å². The molecule has 8 heteroatoms. The minimum atomic E-state index is -1.91. The molecule has 0 spiro atoms. The highest BCUT2D eigenvalue weighted by atomic mass is 16.4. The number of carboxylic acids is 1. The average Bonchev–Trinajstić information content (AvgIpc) is 2.16. The molecule has 0 unspecified atom stereocenters. The van der Waals surface area contributed by atoms with E-state index in [1.165, 1.54) is 0 Å². The summed E-state index contributed by atoms with van der Waals surface area (Å²) in [7, 11) is 0. The lowest BCUT2D eigenvalue weighted by Gasteiger charge is -2.47. The van der Waals surface area contributed by atoms with Crippen LogP contribution < -0.4 is 15.3 Å². The summed E-state index contributed by atoms with van der Waals surface area (Å²) in [4.78, 5) is 31.6. The summed E-state index contributed by atoms with van der Waals surface area (Å²) in [5.74, 6) is -1.66. The van der Waals surface area contributed by atoms with Crippen molar-refractivity contribution in [2.45, 2.75) is 18.9 Å². The van der Waals surface area contributed by atoms with Crippen molar-refractivity contribution >= 4 is 18.2 Å². The maximum Gasteiger partial charge on any atom is 0.157 e. The zero-order valence-electron chi connectivity index (χ0n) is 7.54. The van der Waals surface area contributed by atoms with Crippen LogP contribution in [0.2, 0.25) is 0 Å². The molecule has 1 saturated heterocycles. The van der Waals surface area contributed by atoms with Crippen LogP contribution in [0.1, 0.15) is 12.8 Å². The molecule has 0 N–H and O–H groups in total. The molecule has 1 aliphatic heterocycles. The lowest BCUT2D eigenvalue weighted by atomic mass is 10.1. The molecule has 1 atom stereocenters. The Kier molecular flexibility index (Phi) is 2.98. The third-order valence-corrected chi connectivity index (χ3v) is 2.07. The third kappa shape index (κ3) is 2.09. The summed E-state index contributed by atoms with van der Waals surface area (Å²) in [6.07, 6.45) is -3.49. The Balaban J connectivity index is 2.95. The molecule has 8 nitrogen and oxygen atoms in total. The van der Waals surface area contributed by atoms with E-state index in [4.69, 9.17) is 0 Å². The van der Waals surface area contributed by atoms with Gasteiger partial charge in [0, 0.05) is 6.54 Å². The topological polar surface area (TPSA) is 127 Å². The molecule has 0 aromatic heterocycles. The van der Waals surface area contributed by atoms with Gasteiger partial charge in [0.15, 0.2) is 12.2 Å². The summed E-state index contributed by atoms with van der Waals surface area (Å²) >= 11 is 0. The van der Waals surface area contributed by atoms with Gasteiger partial charge in [0.2, 0.25) is 0 Å². The molecule has 1 fully saturated rings. The van der Waals surface area contributed by atoms with Gasteiger partial charge >= 0.3 is 0 Å². The normalized spacial score (nSPS) is 21.2. The van der Waals surface area contributed by atoms with Crippen molar-refractivity contribution in [2.24, 2.45) is 0 Å². The van der Waals surface area contributed by atoms with Crippen molar-refractivity contribution in [3.8, 4) is 0 Å². The second-order valence-corrected chi connectivity index (χ2v) is 2.98. The number of aliphatic carboxylic acids is 1. The van der Waals surface area contributed by atoms with Gasteiger partial charge in [-0.1, -0.05) is 0 Å². The van der Waals surface area contributed by atoms with Crippen LogP contribution >= 0.6 is 0 Å². The molecular formula is C7H7N2O6-3. The quantitative estimate of drug-likeness (QED) is 0.440. The second kappa shape index (κ2) is 4.03. The summed E-state index contributed by atoms with van der Waals surface area (Å²) in [6.45, 7) is -0.139. The van der Waals surface area contributed by atoms with Crippen molar-refractivity contribution in [3.63, 3.8) is 0 Å². The van der Waals surface area contributed by atoms with E-state index < -0.39 is 24.2 Å². The number of amides is 2. The van der Waals surface area contributed by atoms with E-state index in [2.05, 4.69) is 0 Å². The molecule has 1 aliphatic rings. The van der Waals surface area contributed by atoms with Crippen LogP contribution in [0, 0.1) is 0 Å². The zero-order chi connectivity index (χ0) is 11.6. The average molecular weight is 215 g/mol. The smallest absolute Gasteiger partial charge is 0.157 e. The zero-order valence-corrected chi connectivity index (χ0v) is 7.54. The predicted molar refractivity (Wildman–Crippen MR) is 37.4 cm³/mol. The molecule has 0 radical (unpaired) electrons. The highest BCUT2D eigenvalue weighted by Gasteiger charge is 2.29. The largest absolute Gasteiger partial charge is 0.548 e. The van der Waals surface area contributed by atoms with Gasteiger partial charge in [0.1, 0.15) is 0 Å². The van der Waals surface area contributed by atoms with Gasteiger partial charge in [-0.25, -0.2) is 0 Å². The maximum absolute atomic E-state index is 10.6. The molecule has 1 rings (SSSR count). The monoisotopic (exact) mass is 215 g/mol. The number of rotatable bonds is 1. The van der Waals surface area contributed by atoms with Crippen LogP contribution in [0.3, 0.4) is 0 Å². The summed E-state index contributed by atoms with van der Waals surface area (Å²) in [6, 6.07) is -1.54. The van der Waals surface area contributed by atoms with Crippen LogP contribution in [0.5, 0.6) is 0 Å². The fourth-order valence-electron chi connectivity index (χ4n) is 1.46. The van der Waals surface area contributed by atoms with Gasteiger partial charge in [-0.2, -0.15) is 0 Å². The predicted octanol–water partition coefficient (Wildman–Crippen LogP) is -3.90. The first-order chi connectivity index (χ1) is 6.95. The summed E-state index contributed by atoms with van der Waals surface area (Å²) < 4.78 is 0. The first-order valence-electron chi connectivity index (χ1n) is 4.14. The maximum atomic E-state index is 10.6. The third-order valence-electron chi connectivity index (χ3n) is 2.07. The molecule has 0 saturated carbocycles. The minimum Gasteiger partial charge on any atom is -0.548 e. The molecule has 1 heterocycles. The molecule has 0 bridgehead atoms. The molecule has 0 aliphatic carbocycles. The Morgan fingerprint density at radius 2 is 1.67 bits per heavy atom. The fourth-order valence-corrected chi connectivity index (χ4v) is 1.46. The van der Waals surface area contributed by atoms with Crippen LogP contribution in [-0.4, -0.2) is 40.8 Å². The molecule has 0 aromatic rings. The van der Waals surface area contributed by atoms with Gasteiger partial charge in [0.25, 0.3) is 0 Å². The number of carbonyl (C=O) groups is 3. The van der Waals surface area contributed by atoms with Crippen molar-refractivity contribution < 1.29 is 29.7 Å². The molecule has 15 heavy (non-hydrogen) atoms. The Hall–Kier alpha value is -1.99. The number of carbonyl (C=O) groups excluding carboxylic acids is 3. The Bertz CT molecular complexity index is 282. The van der Waals surface area contributed by atoms with Gasteiger partial charge in [-0.15, -0.1) is 0 Å². The standard InChI is InChI=1S/C7H10N2O6/c10-5(11)4-2-1-3-8(6(12)13)9(4)7(14)15/h4H,1-3H2,(H,10,11)(H,12,13)(H,14,15)/p-3/t4-/m1/s1. The van der Waals surface area contributed by atoms with Crippen molar-refractivity contribution in [1.29, 1.82) is 0 Å². The van der Waals surface area contributed by atoms with Crippen molar-refractivity contribution in [3.05, 3.63) is 0 Å². The van der Waals surface area contributed by atoms with E-state index in [9.17, 15) is 29.7 Å². The summed E-state index contributed by atoms with van der Waals surface area (Å²) in [5.41, 5.74) is 0. The minimum absolute atomic E-state index is 0.0138. The SMILES string of the molecule is O=C([O-])[C@H]1CCCN(C(=O)[O-])N1C(=O)[O-]. The van der Waals surface area contributed by atoms with E-state index in [-0.39, 0.29) is 24.4 Å². The fraction of sp³-hybridized carbons (Fsp3) is 0.571. The number of hydrazine groups is 1. The van der Waals surface area contributed by atoms with E-state index in [1.54, 1.807) is 0 Å². The van der Waals surface area contributed by atoms with Crippen LogP contribution in [0.15, 0.2) is 0 Å². The van der Waals surface area contributed by atoms with E-state index in [0.717, 1.165) is 0 Å². The van der Waals surface area contributed by atoms with E-state index in [1.807, 2.05) is 0 Å². The second-order valence-electron chi connectivity index (χ2n) is 2.98. The van der Waals surface area contributed by atoms with Crippen molar-refractivity contribution in [1.82, 2.24) is 10.0 Å². The van der Waals surface area contributed by atoms with Gasteiger partial charge in [-0.3, -0.25) is 10.0 Å². The first kappa shape index (κ1) is 11.1. The van der Waals surface area contributed by atoms with E-state index in [0.29, 0.717) is 5.01 Å². The van der Waals surface area contributed by atoms with Crippen LogP contribution in [-0.2, 0) is 4.79 Å². The Morgan fingerprint density at radius 3 is 2.07 bits per heavy atom. The Labute approximate surface area is 84.3 Å². The van der Waals surface area contributed by atoms with Gasteiger partial charge in [-0.05, 0) is 12.8 Å². The Morgan fingerprint density at radius 1 is 1.07 bits per heavy atom. The number of hydrogen-bond donors (Lipinski definition) is 0. The van der Waals surface area contributed by atoms with Crippen molar-refractivity contribution in [2.75, 3.05) is 6.54 Å². The van der Waals surface area contributed by atoms with Crippen LogP contribution in [0.25, 0.3) is 0 Å². The number of hydrogen-bond acceptors (Lipinski definition) is 6. The van der Waals surface area contributed by atoms with Gasteiger partial charge < -0.3 is 29.7 Å². The van der Waals surface area contributed by atoms with Crippen LogP contribution in [0.4, 0.5) is 9.59 Å². The molecule has 2 amide bonds. The lowest BCUT2D eigenvalue weighted by Crippen LogP contribution is -2.67. The molecule has 84 valence electrons.